The van der Waals surface area contributed by atoms with E-state index < -0.39 is 0 Å². The fraction of sp³-hybridized carbons (Fsp3) is 0.952. The number of hydrogen-bond donors (Lipinski definition) is 1. The monoisotopic (exact) mass is 364 g/mol. The van der Waals surface area contributed by atoms with Crippen LogP contribution >= 0.6 is 0 Å². The minimum atomic E-state index is 0.457. The maximum atomic E-state index is 6.22. The van der Waals surface area contributed by atoms with Crippen LogP contribution in [0.3, 0.4) is 0 Å². The molecule has 5 nitrogen and oxygen atoms in total. The van der Waals surface area contributed by atoms with E-state index in [0.29, 0.717) is 12.1 Å². The van der Waals surface area contributed by atoms with Crippen LogP contribution in [-0.4, -0.2) is 74.3 Å². The van der Waals surface area contributed by atoms with Crippen LogP contribution in [0.4, 0.5) is 0 Å². The summed E-state index contributed by atoms with van der Waals surface area (Å²) in [5.41, 5.74) is 0. The molecule has 0 aromatic rings. The quantitative estimate of drug-likeness (QED) is 0.581. The van der Waals surface area contributed by atoms with E-state index in [1.807, 2.05) is 7.05 Å². The van der Waals surface area contributed by atoms with E-state index in [0.717, 1.165) is 57.5 Å². The highest BCUT2D eigenvalue weighted by Gasteiger charge is 2.25. The molecular weight excluding hydrogens is 324 g/mol. The van der Waals surface area contributed by atoms with Crippen molar-refractivity contribution in [1.29, 1.82) is 0 Å². The number of piperidine rings is 2. The van der Waals surface area contributed by atoms with Gasteiger partial charge in [0.1, 0.15) is 0 Å². The van der Waals surface area contributed by atoms with Gasteiger partial charge < -0.3 is 15.0 Å². The van der Waals surface area contributed by atoms with Crippen LogP contribution in [-0.2, 0) is 4.74 Å². The largest absolute Gasteiger partial charge is 0.378 e. The topological polar surface area (TPSA) is 40.1 Å². The molecule has 0 aromatic heterocycles. The van der Waals surface area contributed by atoms with Gasteiger partial charge in [-0.3, -0.25) is 9.89 Å². The fourth-order valence-corrected chi connectivity index (χ4v) is 4.93. The second-order valence-corrected chi connectivity index (χ2v) is 8.38. The summed E-state index contributed by atoms with van der Waals surface area (Å²) in [6.45, 7) is 8.85. The first kappa shape index (κ1) is 19.9. The smallest absolute Gasteiger partial charge is 0.193 e. The third kappa shape index (κ3) is 5.59. The van der Waals surface area contributed by atoms with E-state index in [9.17, 15) is 0 Å². The van der Waals surface area contributed by atoms with Gasteiger partial charge in [0.05, 0.1) is 6.10 Å². The van der Waals surface area contributed by atoms with Crippen molar-refractivity contribution in [2.45, 2.75) is 76.9 Å². The van der Waals surface area contributed by atoms with Gasteiger partial charge in [-0.2, -0.15) is 0 Å². The maximum Gasteiger partial charge on any atom is 0.193 e. The van der Waals surface area contributed by atoms with Crippen molar-refractivity contribution in [3.8, 4) is 0 Å². The predicted molar refractivity (Wildman–Crippen MR) is 109 cm³/mol. The molecule has 1 atom stereocenters. The highest BCUT2D eigenvalue weighted by Crippen LogP contribution is 2.26. The maximum absolute atomic E-state index is 6.22. The van der Waals surface area contributed by atoms with Crippen molar-refractivity contribution < 1.29 is 4.74 Å². The Kier molecular flexibility index (Phi) is 8.06. The van der Waals surface area contributed by atoms with Gasteiger partial charge in [0.15, 0.2) is 5.96 Å². The first-order chi connectivity index (χ1) is 12.8. The molecule has 3 fully saturated rings. The van der Waals surface area contributed by atoms with Crippen LogP contribution < -0.4 is 5.32 Å². The minimum absolute atomic E-state index is 0.457. The molecule has 0 spiro atoms. The number of nitrogens with one attached hydrogen (secondary N) is 1. The van der Waals surface area contributed by atoms with Crippen LogP contribution in [0.15, 0.2) is 4.99 Å². The van der Waals surface area contributed by atoms with Crippen LogP contribution in [0.5, 0.6) is 0 Å². The van der Waals surface area contributed by atoms with Gasteiger partial charge in [-0.15, -0.1) is 0 Å². The summed E-state index contributed by atoms with van der Waals surface area (Å²) in [5, 5.41) is 3.66. The van der Waals surface area contributed by atoms with E-state index in [4.69, 9.17) is 4.74 Å². The van der Waals surface area contributed by atoms with Crippen LogP contribution in [0, 0.1) is 5.92 Å². The summed E-state index contributed by atoms with van der Waals surface area (Å²) in [4.78, 5) is 9.60. The molecule has 26 heavy (non-hydrogen) atoms. The lowest BCUT2D eigenvalue weighted by molar-refractivity contribution is 0.000951. The zero-order valence-electron chi connectivity index (χ0n) is 17.1. The second kappa shape index (κ2) is 10.5. The first-order valence-corrected chi connectivity index (χ1v) is 11.1. The van der Waals surface area contributed by atoms with Crippen molar-refractivity contribution >= 4 is 5.96 Å². The molecule has 2 saturated heterocycles. The molecule has 0 amide bonds. The number of likely N-dealkylation sites (N-methyl/N-ethyl adjacent to an activating group) is 1. The SMILES string of the molecule is CCN1CCCCC1CNC(=NC)N1CCC(OCC2CCCC2)CC1. The highest BCUT2D eigenvalue weighted by molar-refractivity contribution is 5.80. The van der Waals surface area contributed by atoms with Crippen molar-refractivity contribution in [2.24, 2.45) is 10.9 Å². The van der Waals surface area contributed by atoms with Crippen molar-refractivity contribution in [3.05, 3.63) is 0 Å². The molecule has 3 aliphatic rings. The van der Waals surface area contributed by atoms with E-state index in [1.165, 1.54) is 51.5 Å². The number of likely N-dealkylation sites (tertiary alicyclic amines) is 2. The standard InChI is InChI=1S/C21H40N4O/c1-3-24-13-7-6-10-19(24)16-23-21(22-2)25-14-11-20(12-15-25)26-17-18-8-4-5-9-18/h18-20H,3-17H2,1-2H3,(H,22,23). The molecule has 150 valence electrons. The molecular formula is C21H40N4O. The summed E-state index contributed by atoms with van der Waals surface area (Å²) in [6, 6.07) is 0.665. The molecule has 3 rings (SSSR count). The molecule has 1 saturated carbocycles. The normalized spacial score (nSPS) is 27.2. The minimum Gasteiger partial charge on any atom is -0.378 e. The van der Waals surface area contributed by atoms with E-state index in [-0.39, 0.29) is 0 Å². The number of aliphatic imine (C=N–C) groups is 1. The Hall–Kier alpha value is -0.810. The van der Waals surface area contributed by atoms with E-state index >= 15 is 0 Å². The van der Waals surface area contributed by atoms with Crippen LogP contribution in [0.1, 0.15) is 64.7 Å². The van der Waals surface area contributed by atoms with Crippen LogP contribution in [0.25, 0.3) is 0 Å². The van der Waals surface area contributed by atoms with Gasteiger partial charge in [-0.25, -0.2) is 0 Å². The molecule has 1 N–H and O–H groups in total. The van der Waals surface area contributed by atoms with Gasteiger partial charge in [-0.05, 0) is 57.5 Å². The predicted octanol–water partition coefficient (Wildman–Crippen LogP) is 3.11. The third-order valence-corrected chi connectivity index (χ3v) is 6.65. The van der Waals surface area contributed by atoms with Crippen molar-refractivity contribution in [3.63, 3.8) is 0 Å². The molecule has 0 aromatic carbocycles. The number of rotatable bonds is 6. The Bertz CT molecular complexity index is 428. The Labute approximate surface area is 160 Å². The highest BCUT2D eigenvalue weighted by atomic mass is 16.5. The zero-order valence-corrected chi connectivity index (χ0v) is 17.1. The first-order valence-electron chi connectivity index (χ1n) is 11.1. The van der Waals surface area contributed by atoms with E-state index in [1.54, 1.807) is 0 Å². The number of ether oxygens (including phenoxy) is 1. The van der Waals surface area contributed by atoms with E-state index in [2.05, 4.69) is 27.0 Å². The Morgan fingerprint density at radius 2 is 1.73 bits per heavy atom. The number of hydrogen-bond acceptors (Lipinski definition) is 3. The molecule has 2 heterocycles. The lowest BCUT2D eigenvalue weighted by atomic mass is 10.0. The third-order valence-electron chi connectivity index (χ3n) is 6.65. The van der Waals surface area contributed by atoms with Gasteiger partial charge in [0.25, 0.3) is 0 Å². The molecule has 1 unspecified atom stereocenters. The van der Waals surface area contributed by atoms with Crippen molar-refractivity contribution in [2.75, 3.05) is 46.4 Å². The summed E-state index contributed by atoms with van der Waals surface area (Å²) in [7, 11) is 1.92. The molecule has 1 aliphatic carbocycles. The number of guanidine groups is 1. The summed E-state index contributed by atoms with van der Waals surface area (Å²) >= 11 is 0. The summed E-state index contributed by atoms with van der Waals surface area (Å²) in [6.07, 6.45) is 12.3. The van der Waals surface area contributed by atoms with Gasteiger partial charge in [0.2, 0.25) is 0 Å². The van der Waals surface area contributed by atoms with Crippen molar-refractivity contribution in [1.82, 2.24) is 15.1 Å². The lowest BCUT2D eigenvalue weighted by Crippen LogP contribution is -2.52. The summed E-state index contributed by atoms with van der Waals surface area (Å²) in [5.74, 6) is 1.92. The Morgan fingerprint density at radius 1 is 1.00 bits per heavy atom. The Morgan fingerprint density at radius 3 is 2.42 bits per heavy atom. The zero-order chi connectivity index (χ0) is 18.2. The average molecular weight is 365 g/mol. The number of nitrogens with zero attached hydrogens (tertiary/aromatic N) is 3. The lowest BCUT2D eigenvalue weighted by Gasteiger charge is -2.38. The van der Waals surface area contributed by atoms with Crippen LogP contribution in [0.2, 0.25) is 0 Å². The van der Waals surface area contributed by atoms with Gasteiger partial charge in [-0.1, -0.05) is 26.2 Å². The molecule has 0 bridgehead atoms. The summed E-state index contributed by atoms with van der Waals surface area (Å²) < 4.78 is 6.22. The van der Waals surface area contributed by atoms with Gasteiger partial charge in [0, 0.05) is 39.3 Å². The van der Waals surface area contributed by atoms with Gasteiger partial charge >= 0.3 is 0 Å². The molecule has 0 radical (unpaired) electrons. The average Bonchev–Trinajstić information content (AvgIpc) is 3.21. The fourth-order valence-electron chi connectivity index (χ4n) is 4.93. The second-order valence-electron chi connectivity index (χ2n) is 8.38. The molecule has 5 heteroatoms. The Balaban J connectivity index is 1.37. The molecule has 2 aliphatic heterocycles.